The fourth-order valence-electron chi connectivity index (χ4n) is 3.13. The van der Waals surface area contributed by atoms with Crippen molar-refractivity contribution in [2.45, 2.75) is 32.5 Å². The lowest BCUT2D eigenvalue weighted by Gasteiger charge is -2.31. The molecule has 0 radical (unpaired) electrons. The molecule has 23 heavy (non-hydrogen) atoms. The van der Waals surface area contributed by atoms with Crippen molar-refractivity contribution in [2.75, 3.05) is 0 Å². The van der Waals surface area contributed by atoms with Crippen LogP contribution in [0.25, 0.3) is 6.08 Å². The minimum absolute atomic E-state index is 0.269. The van der Waals surface area contributed by atoms with Crippen LogP contribution in [0.3, 0.4) is 0 Å². The topological polar surface area (TPSA) is 9.23 Å². The first-order chi connectivity index (χ1) is 11.2. The maximum Gasteiger partial charge on any atom is 0.0720 e. The summed E-state index contributed by atoms with van der Waals surface area (Å²) in [6.45, 7) is 7.23. The molecule has 1 heteroatoms. The Kier molecular flexibility index (Phi) is 5.09. The Morgan fingerprint density at radius 2 is 1.70 bits per heavy atom. The average molecular weight is 304 g/mol. The first kappa shape index (κ1) is 15.8. The van der Waals surface area contributed by atoms with E-state index >= 15 is 0 Å². The van der Waals surface area contributed by atoms with Gasteiger partial charge in [0.25, 0.3) is 0 Å². The normalized spacial score (nSPS) is 23.2. The predicted octanol–water partition coefficient (Wildman–Crippen LogP) is 5.64. The van der Waals surface area contributed by atoms with E-state index < -0.39 is 0 Å². The molecule has 2 aromatic rings. The van der Waals surface area contributed by atoms with Gasteiger partial charge in [0.05, 0.1) is 12.7 Å². The molecule has 2 unspecified atom stereocenters. The van der Waals surface area contributed by atoms with Crippen molar-refractivity contribution in [3.63, 3.8) is 0 Å². The summed E-state index contributed by atoms with van der Waals surface area (Å²) in [5.41, 5.74) is 5.05. The summed E-state index contributed by atoms with van der Waals surface area (Å²) in [4.78, 5) is 0. The molecule has 0 spiro atoms. The highest BCUT2D eigenvalue weighted by Gasteiger charge is 2.25. The Morgan fingerprint density at radius 1 is 1.04 bits per heavy atom. The molecular formula is C22H24O. The molecule has 1 saturated carbocycles. The van der Waals surface area contributed by atoms with Gasteiger partial charge in [-0.1, -0.05) is 80.2 Å². The number of benzene rings is 2. The Hall–Kier alpha value is -2.12. The molecule has 1 aliphatic carbocycles. The summed E-state index contributed by atoms with van der Waals surface area (Å²) in [5, 5.41) is 0. The van der Waals surface area contributed by atoms with Crippen LogP contribution in [0.4, 0.5) is 0 Å². The van der Waals surface area contributed by atoms with Crippen LogP contribution >= 0.6 is 0 Å². The number of hydrogen-bond donors (Lipinski definition) is 0. The first-order valence-corrected chi connectivity index (χ1v) is 8.32. The molecule has 1 fully saturated rings. The molecule has 1 nitrogen and oxygen atoms in total. The van der Waals surface area contributed by atoms with Crippen molar-refractivity contribution < 1.29 is 4.74 Å². The third kappa shape index (κ3) is 4.20. The molecule has 0 heterocycles. The van der Waals surface area contributed by atoms with Gasteiger partial charge in [0.2, 0.25) is 0 Å². The third-order valence-electron chi connectivity index (χ3n) is 4.54. The third-order valence-corrected chi connectivity index (χ3v) is 4.54. The van der Waals surface area contributed by atoms with Crippen LogP contribution in [-0.2, 0) is 11.3 Å². The summed E-state index contributed by atoms with van der Waals surface area (Å²) in [5.74, 6) is 0.472. The summed E-state index contributed by atoms with van der Waals surface area (Å²) in [7, 11) is 0. The minimum Gasteiger partial charge on any atom is -0.373 e. The van der Waals surface area contributed by atoms with Gasteiger partial charge in [0.1, 0.15) is 0 Å². The SMILES string of the molecule is C=C1/C(=C/c2ccccc2)CC(OCc2ccccc2)CC1C. The fraction of sp³-hybridized carbons (Fsp3) is 0.273. The summed E-state index contributed by atoms with van der Waals surface area (Å²) in [6, 6.07) is 20.9. The zero-order chi connectivity index (χ0) is 16.1. The molecule has 0 aromatic heterocycles. The van der Waals surface area contributed by atoms with Crippen LogP contribution in [0.2, 0.25) is 0 Å². The molecule has 0 saturated heterocycles. The van der Waals surface area contributed by atoms with E-state index in [9.17, 15) is 0 Å². The fourth-order valence-corrected chi connectivity index (χ4v) is 3.13. The van der Waals surface area contributed by atoms with E-state index in [1.807, 2.05) is 12.1 Å². The molecule has 3 rings (SSSR count). The zero-order valence-corrected chi connectivity index (χ0v) is 13.7. The van der Waals surface area contributed by atoms with Gasteiger partial charge >= 0.3 is 0 Å². The molecule has 0 N–H and O–H groups in total. The quantitative estimate of drug-likeness (QED) is 0.710. The standard InChI is InChI=1S/C22H24O/c1-17-13-22(23-16-20-11-7-4-8-12-20)15-21(18(17)2)14-19-9-5-3-6-10-19/h3-12,14,17,22H,2,13,15-16H2,1H3/b21-14+. The van der Waals surface area contributed by atoms with Crippen molar-refractivity contribution in [3.05, 3.63) is 89.5 Å². The van der Waals surface area contributed by atoms with Crippen molar-refractivity contribution in [1.29, 1.82) is 0 Å². The van der Waals surface area contributed by atoms with E-state index in [4.69, 9.17) is 4.74 Å². The van der Waals surface area contributed by atoms with Gasteiger partial charge < -0.3 is 4.74 Å². The van der Waals surface area contributed by atoms with Gasteiger partial charge in [-0.15, -0.1) is 0 Å². The van der Waals surface area contributed by atoms with E-state index in [0.29, 0.717) is 12.5 Å². The Morgan fingerprint density at radius 3 is 2.39 bits per heavy atom. The van der Waals surface area contributed by atoms with Crippen LogP contribution in [0, 0.1) is 5.92 Å². The van der Waals surface area contributed by atoms with Crippen LogP contribution in [0.15, 0.2) is 78.4 Å². The van der Waals surface area contributed by atoms with Gasteiger partial charge in [0, 0.05) is 0 Å². The van der Waals surface area contributed by atoms with Crippen LogP contribution in [0.1, 0.15) is 30.9 Å². The number of rotatable bonds is 4. The minimum atomic E-state index is 0.269. The molecule has 1 aliphatic rings. The molecule has 0 amide bonds. The maximum atomic E-state index is 6.17. The molecule has 2 atom stereocenters. The summed E-state index contributed by atoms with van der Waals surface area (Å²) >= 11 is 0. The summed E-state index contributed by atoms with van der Waals surface area (Å²) in [6.07, 6.45) is 4.53. The van der Waals surface area contributed by atoms with Gasteiger partial charge in [-0.2, -0.15) is 0 Å². The highest BCUT2D eigenvalue weighted by Crippen LogP contribution is 2.35. The smallest absolute Gasteiger partial charge is 0.0720 e. The van der Waals surface area contributed by atoms with E-state index in [1.54, 1.807) is 0 Å². The second kappa shape index (κ2) is 7.43. The lowest BCUT2D eigenvalue weighted by molar-refractivity contribution is 0.0238. The average Bonchev–Trinajstić information content (AvgIpc) is 2.59. The summed E-state index contributed by atoms with van der Waals surface area (Å²) < 4.78 is 6.17. The number of hydrogen-bond acceptors (Lipinski definition) is 1. The number of ether oxygens (including phenoxy) is 1. The highest BCUT2D eigenvalue weighted by atomic mass is 16.5. The van der Waals surface area contributed by atoms with Gasteiger partial charge in [0.15, 0.2) is 0 Å². The number of allylic oxidation sites excluding steroid dienone is 1. The van der Waals surface area contributed by atoms with E-state index in [2.05, 4.69) is 68.1 Å². The molecule has 0 bridgehead atoms. The zero-order valence-electron chi connectivity index (χ0n) is 13.7. The predicted molar refractivity (Wildman–Crippen MR) is 97.0 cm³/mol. The van der Waals surface area contributed by atoms with Crippen LogP contribution in [0.5, 0.6) is 0 Å². The Bertz CT molecular complexity index is 670. The largest absolute Gasteiger partial charge is 0.373 e. The van der Waals surface area contributed by atoms with Crippen molar-refractivity contribution in [3.8, 4) is 0 Å². The van der Waals surface area contributed by atoms with Crippen LogP contribution < -0.4 is 0 Å². The van der Waals surface area contributed by atoms with Crippen molar-refractivity contribution >= 4 is 6.08 Å². The van der Waals surface area contributed by atoms with Crippen molar-refractivity contribution in [1.82, 2.24) is 0 Å². The van der Waals surface area contributed by atoms with Crippen molar-refractivity contribution in [2.24, 2.45) is 5.92 Å². The Balaban J connectivity index is 1.69. The lowest BCUT2D eigenvalue weighted by atomic mass is 9.80. The van der Waals surface area contributed by atoms with Gasteiger partial charge in [-0.25, -0.2) is 0 Å². The molecule has 118 valence electrons. The molecule has 2 aromatic carbocycles. The molecule has 0 aliphatic heterocycles. The van der Waals surface area contributed by atoms with Gasteiger partial charge in [-0.05, 0) is 41.0 Å². The first-order valence-electron chi connectivity index (χ1n) is 8.32. The lowest BCUT2D eigenvalue weighted by Crippen LogP contribution is -2.24. The highest BCUT2D eigenvalue weighted by molar-refractivity contribution is 5.59. The second-order valence-corrected chi connectivity index (χ2v) is 6.36. The maximum absolute atomic E-state index is 6.17. The second-order valence-electron chi connectivity index (χ2n) is 6.36. The molecular weight excluding hydrogens is 280 g/mol. The van der Waals surface area contributed by atoms with Gasteiger partial charge in [-0.3, -0.25) is 0 Å². The van der Waals surface area contributed by atoms with E-state index in [-0.39, 0.29) is 6.10 Å². The van der Waals surface area contributed by atoms with Crippen LogP contribution in [-0.4, -0.2) is 6.10 Å². The van der Waals surface area contributed by atoms with E-state index in [1.165, 1.54) is 22.3 Å². The monoisotopic (exact) mass is 304 g/mol. The Labute approximate surface area is 139 Å². The van der Waals surface area contributed by atoms with E-state index in [0.717, 1.165) is 12.8 Å².